The maximum absolute atomic E-state index is 11.3. The van der Waals surface area contributed by atoms with E-state index in [1.54, 1.807) is 24.3 Å². The molecule has 78 valence electrons. The van der Waals surface area contributed by atoms with Crippen LogP contribution in [0.5, 0.6) is 0 Å². The van der Waals surface area contributed by atoms with Gasteiger partial charge in [-0.3, -0.25) is 0 Å². The molecule has 1 N–H and O–H groups in total. The second-order valence-corrected chi connectivity index (χ2v) is 5.05. The Kier molecular flexibility index (Phi) is 3.92. The predicted octanol–water partition coefficient (Wildman–Crippen LogP) is 1.38. The van der Waals surface area contributed by atoms with Crippen LogP contribution in [0, 0.1) is 0 Å². The van der Waals surface area contributed by atoms with Crippen LogP contribution >= 0.6 is 11.6 Å². The highest BCUT2D eigenvalue weighted by Crippen LogP contribution is 2.10. The molecule has 0 saturated heterocycles. The van der Waals surface area contributed by atoms with E-state index in [0.717, 1.165) is 12.0 Å². The summed E-state index contributed by atoms with van der Waals surface area (Å²) in [6.45, 7) is 0. The van der Waals surface area contributed by atoms with Crippen molar-refractivity contribution in [3.63, 3.8) is 0 Å². The van der Waals surface area contributed by atoms with Crippen molar-refractivity contribution in [1.82, 2.24) is 4.72 Å². The van der Waals surface area contributed by atoms with Gasteiger partial charge in [-0.05, 0) is 31.2 Å². The van der Waals surface area contributed by atoms with Crippen molar-refractivity contribution in [2.24, 2.45) is 0 Å². The summed E-state index contributed by atoms with van der Waals surface area (Å²) in [6.07, 6.45) is 0.751. The topological polar surface area (TPSA) is 46.2 Å². The number of benzene rings is 1. The van der Waals surface area contributed by atoms with E-state index in [0.29, 0.717) is 5.88 Å². The molecule has 0 atom stereocenters. The first-order valence-corrected chi connectivity index (χ1v) is 6.20. The van der Waals surface area contributed by atoms with Crippen LogP contribution in [-0.2, 0) is 16.4 Å². The van der Waals surface area contributed by atoms with Gasteiger partial charge in [0.1, 0.15) is 0 Å². The lowest BCUT2D eigenvalue weighted by molar-refractivity contribution is 0.588. The van der Waals surface area contributed by atoms with Crippen molar-refractivity contribution in [3.05, 3.63) is 29.8 Å². The zero-order chi connectivity index (χ0) is 10.6. The van der Waals surface area contributed by atoms with Gasteiger partial charge in [0.2, 0.25) is 10.0 Å². The minimum atomic E-state index is -3.31. The Morgan fingerprint density at radius 3 is 2.29 bits per heavy atom. The number of aryl methyl sites for hydroxylation is 1. The number of halogens is 1. The van der Waals surface area contributed by atoms with E-state index in [1.165, 1.54) is 7.05 Å². The van der Waals surface area contributed by atoms with E-state index in [-0.39, 0.29) is 4.90 Å². The van der Waals surface area contributed by atoms with E-state index in [2.05, 4.69) is 4.72 Å². The second-order valence-electron chi connectivity index (χ2n) is 2.79. The van der Waals surface area contributed by atoms with Crippen molar-refractivity contribution in [3.8, 4) is 0 Å². The minimum Gasteiger partial charge on any atom is -0.214 e. The smallest absolute Gasteiger partial charge is 0.214 e. The van der Waals surface area contributed by atoms with Gasteiger partial charge in [0.15, 0.2) is 0 Å². The zero-order valence-corrected chi connectivity index (χ0v) is 9.40. The minimum absolute atomic E-state index is 0.276. The molecule has 0 heterocycles. The van der Waals surface area contributed by atoms with Gasteiger partial charge in [-0.1, -0.05) is 12.1 Å². The summed E-state index contributed by atoms with van der Waals surface area (Å²) in [6, 6.07) is 6.70. The van der Waals surface area contributed by atoms with Crippen LogP contribution in [0.15, 0.2) is 29.2 Å². The summed E-state index contributed by atoms with van der Waals surface area (Å²) in [4.78, 5) is 0.276. The highest BCUT2D eigenvalue weighted by atomic mass is 35.5. The number of sulfonamides is 1. The maximum Gasteiger partial charge on any atom is 0.240 e. The van der Waals surface area contributed by atoms with Crippen LogP contribution in [0.25, 0.3) is 0 Å². The first-order valence-electron chi connectivity index (χ1n) is 4.18. The van der Waals surface area contributed by atoms with Gasteiger partial charge >= 0.3 is 0 Å². The Morgan fingerprint density at radius 2 is 1.86 bits per heavy atom. The molecular formula is C9H12ClNO2S. The molecule has 0 amide bonds. The van der Waals surface area contributed by atoms with Crippen molar-refractivity contribution in [2.75, 3.05) is 12.9 Å². The normalized spacial score (nSPS) is 11.6. The largest absolute Gasteiger partial charge is 0.240 e. The molecule has 0 unspecified atom stereocenters. The van der Waals surface area contributed by atoms with Gasteiger partial charge in [0.05, 0.1) is 4.90 Å². The molecule has 1 aromatic carbocycles. The fraction of sp³-hybridized carbons (Fsp3) is 0.333. The van der Waals surface area contributed by atoms with E-state index >= 15 is 0 Å². The molecule has 0 aliphatic carbocycles. The number of hydrogen-bond acceptors (Lipinski definition) is 2. The van der Waals surface area contributed by atoms with E-state index < -0.39 is 10.0 Å². The molecule has 0 aromatic heterocycles. The lowest BCUT2D eigenvalue weighted by Crippen LogP contribution is -2.18. The fourth-order valence-electron chi connectivity index (χ4n) is 1.06. The Balaban J connectivity index is 2.94. The SMILES string of the molecule is CNS(=O)(=O)c1ccc(CCCl)cc1. The molecule has 0 saturated carbocycles. The molecule has 5 heteroatoms. The average molecular weight is 234 g/mol. The standard InChI is InChI=1S/C9H12ClNO2S/c1-11-14(12,13)9-4-2-8(3-5-9)6-7-10/h2-5,11H,6-7H2,1H3. The fourth-order valence-corrected chi connectivity index (χ4v) is 2.01. The summed E-state index contributed by atoms with van der Waals surface area (Å²) in [5.41, 5.74) is 1.04. The molecule has 0 bridgehead atoms. The number of nitrogens with one attached hydrogen (secondary N) is 1. The Labute approximate surface area is 89.1 Å². The molecular weight excluding hydrogens is 222 g/mol. The van der Waals surface area contributed by atoms with E-state index in [9.17, 15) is 8.42 Å². The van der Waals surface area contributed by atoms with Crippen LogP contribution in [-0.4, -0.2) is 21.3 Å². The van der Waals surface area contributed by atoms with Crippen LogP contribution in [0.3, 0.4) is 0 Å². The molecule has 0 radical (unpaired) electrons. The Hall–Kier alpha value is -0.580. The molecule has 1 rings (SSSR count). The molecule has 0 aliphatic rings. The Morgan fingerprint density at radius 1 is 1.29 bits per heavy atom. The van der Waals surface area contributed by atoms with Gasteiger partial charge in [-0.25, -0.2) is 13.1 Å². The van der Waals surface area contributed by atoms with Crippen molar-refractivity contribution in [1.29, 1.82) is 0 Å². The highest BCUT2D eigenvalue weighted by molar-refractivity contribution is 7.89. The lowest BCUT2D eigenvalue weighted by atomic mass is 10.2. The van der Waals surface area contributed by atoms with Crippen molar-refractivity contribution >= 4 is 21.6 Å². The Bertz CT molecular complexity index is 386. The maximum atomic E-state index is 11.3. The number of alkyl halides is 1. The van der Waals surface area contributed by atoms with Gasteiger partial charge < -0.3 is 0 Å². The summed E-state index contributed by atoms with van der Waals surface area (Å²) in [5, 5.41) is 0. The first-order chi connectivity index (χ1) is 6.60. The van der Waals surface area contributed by atoms with Crippen LogP contribution in [0.1, 0.15) is 5.56 Å². The van der Waals surface area contributed by atoms with Crippen LogP contribution in [0.2, 0.25) is 0 Å². The summed E-state index contributed by atoms with van der Waals surface area (Å²) >= 11 is 5.56. The molecule has 3 nitrogen and oxygen atoms in total. The third-order valence-electron chi connectivity index (χ3n) is 1.89. The quantitative estimate of drug-likeness (QED) is 0.799. The number of hydrogen-bond donors (Lipinski definition) is 1. The van der Waals surface area contributed by atoms with E-state index in [1.807, 2.05) is 0 Å². The first kappa shape index (κ1) is 11.5. The van der Waals surface area contributed by atoms with Crippen LogP contribution < -0.4 is 4.72 Å². The van der Waals surface area contributed by atoms with Crippen molar-refractivity contribution in [2.45, 2.75) is 11.3 Å². The molecule has 0 aliphatic heterocycles. The monoisotopic (exact) mass is 233 g/mol. The van der Waals surface area contributed by atoms with Gasteiger partial charge in [-0.2, -0.15) is 0 Å². The summed E-state index contributed by atoms with van der Waals surface area (Å²) in [7, 11) is -1.92. The highest BCUT2D eigenvalue weighted by Gasteiger charge is 2.09. The van der Waals surface area contributed by atoms with Gasteiger partial charge in [0, 0.05) is 5.88 Å². The zero-order valence-electron chi connectivity index (χ0n) is 7.83. The second kappa shape index (κ2) is 4.77. The summed E-state index contributed by atoms with van der Waals surface area (Å²) in [5.74, 6) is 0.540. The van der Waals surface area contributed by atoms with Crippen LogP contribution in [0.4, 0.5) is 0 Å². The van der Waals surface area contributed by atoms with Gasteiger partial charge in [-0.15, -0.1) is 11.6 Å². The molecule has 1 aromatic rings. The molecule has 0 fully saturated rings. The summed E-state index contributed by atoms with van der Waals surface area (Å²) < 4.78 is 24.9. The van der Waals surface area contributed by atoms with Gasteiger partial charge in [0.25, 0.3) is 0 Å². The lowest BCUT2D eigenvalue weighted by Gasteiger charge is -2.03. The molecule has 0 spiro atoms. The predicted molar refractivity (Wildman–Crippen MR) is 57.1 cm³/mol. The third kappa shape index (κ3) is 2.70. The average Bonchev–Trinajstić information content (AvgIpc) is 2.19. The third-order valence-corrected chi connectivity index (χ3v) is 3.50. The van der Waals surface area contributed by atoms with Crippen molar-refractivity contribution < 1.29 is 8.42 Å². The van der Waals surface area contributed by atoms with E-state index in [4.69, 9.17) is 11.6 Å². The molecule has 14 heavy (non-hydrogen) atoms. The number of rotatable bonds is 4.